The number of sulfonamides is 1. The summed E-state index contributed by atoms with van der Waals surface area (Å²) in [6.07, 6.45) is 6.57. The third kappa shape index (κ3) is 5.85. The Balaban J connectivity index is 1.80. The maximum Gasteiger partial charge on any atom is 0.224 e. The van der Waals surface area contributed by atoms with Gasteiger partial charge in [0.1, 0.15) is 0 Å². The number of carbonyl (C=O) groups excluding carboxylic acids is 1. The molecule has 0 unspecified atom stereocenters. The molecule has 0 atom stereocenters. The molecule has 3 N–H and O–H groups in total. The van der Waals surface area contributed by atoms with Crippen molar-refractivity contribution in [3.63, 3.8) is 0 Å². The lowest BCUT2D eigenvalue weighted by Crippen LogP contribution is -2.15. The standard InChI is InChI=1S/C15H22N2O3S/c16-21(19,20)11-13-5-8-14(9-6-13)17-15(18)10-7-12-3-1-2-4-12/h5-6,8-9,12H,1-4,7,10-11H2,(H,17,18)(H2,16,19,20). The number of hydrogen-bond acceptors (Lipinski definition) is 3. The van der Waals surface area contributed by atoms with Gasteiger partial charge in [-0.2, -0.15) is 0 Å². The van der Waals surface area contributed by atoms with E-state index in [1.54, 1.807) is 24.3 Å². The first-order valence-corrected chi connectivity index (χ1v) is 9.03. The van der Waals surface area contributed by atoms with Gasteiger partial charge in [0.15, 0.2) is 0 Å². The summed E-state index contributed by atoms with van der Waals surface area (Å²) < 4.78 is 22.0. The molecule has 1 aromatic rings. The molecule has 0 radical (unpaired) electrons. The monoisotopic (exact) mass is 310 g/mol. The molecule has 0 aliphatic heterocycles. The van der Waals surface area contributed by atoms with E-state index in [1.807, 2.05) is 0 Å². The van der Waals surface area contributed by atoms with Crippen molar-refractivity contribution >= 4 is 21.6 Å². The lowest BCUT2D eigenvalue weighted by Gasteiger charge is -2.09. The highest BCUT2D eigenvalue weighted by Crippen LogP contribution is 2.28. The quantitative estimate of drug-likeness (QED) is 0.845. The summed E-state index contributed by atoms with van der Waals surface area (Å²) >= 11 is 0. The van der Waals surface area contributed by atoms with Crippen LogP contribution >= 0.6 is 0 Å². The third-order valence-corrected chi connectivity index (χ3v) is 4.60. The molecule has 1 fully saturated rings. The Morgan fingerprint density at radius 2 is 1.81 bits per heavy atom. The second-order valence-corrected chi connectivity index (χ2v) is 7.36. The molecular weight excluding hydrogens is 288 g/mol. The Hall–Kier alpha value is -1.40. The van der Waals surface area contributed by atoms with Crippen LogP contribution < -0.4 is 10.5 Å². The molecule has 0 bridgehead atoms. The fourth-order valence-electron chi connectivity index (χ4n) is 2.77. The SMILES string of the molecule is NS(=O)(=O)Cc1ccc(NC(=O)CCC2CCCC2)cc1. The lowest BCUT2D eigenvalue weighted by atomic mass is 10.0. The van der Waals surface area contributed by atoms with Crippen LogP contribution in [0.4, 0.5) is 5.69 Å². The average molecular weight is 310 g/mol. The van der Waals surface area contributed by atoms with Crippen molar-refractivity contribution < 1.29 is 13.2 Å². The van der Waals surface area contributed by atoms with Crippen LogP contribution in [0.15, 0.2) is 24.3 Å². The van der Waals surface area contributed by atoms with Crippen molar-refractivity contribution in [3.05, 3.63) is 29.8 Å². The van der Waals surface area contributed by atoms with E-state index in [-0.39, 0.29) is 11.7 Å². The summed E-state index contributed by atoms with van der Waals surface area (Å²) in [5.41, 5.74) is 1.30. The number of primary sulfonamides is 1. The minimum Gasteiger partial charge on any atom is -0.326 e. The van der Waals surface area contributed by atoms with E-state index in [2.05, 4.69) is 5.32 Å². The van der Waals surface area contributed by atoms with Crippen LogP contribution in [0, 0.1) is 5.92 Å². The second kappa shape index (κ2) is 7.04. The van der Waals surface area contributed by atoms with Crippen LogP contribution in [0.2, 0.25) is 0 Å². The first kappa shape index (κ1) is 16.0. The van der Waals surface area contributed by atoms with Crippen LogP contribution in [0.3, 0.4) is 0 Å². The van der Waals surface area contributed by atoms with Crippen molar-refractivity contribution in [2.45, 2.75) is 44.3 Å². The predicted octanol–water partition coefficient (Wildman–Crippen LogP) is 2.38. The Kier molecular flexibility index (Phi) is 5.36. The largest absolute Gasteiger partial charge is 0.326 e. The van der Waals surface area contributed by atoms with E-state index < -0.39 is 10.0 Å². The maximum absolute atomic E-state index is 11.9. The predicted molar refractivity (Wildman–Crippen MR) is 83.1 cm³/mol. The van der Waals surface area contributed by atoms with Crippen molar-refractivity contribution in [2.75, 3.05) is 5.32 Å². The van der Waals surface area contributed by atoms with E-state index in [0.717, 1.165) is 6.42 Å². The van der Waals surface area contributed by atoms with Crippen molar-refractivity contribution in [1.82, 2.24) is 0 Å². The molecule has 21 heavy (non-hydrogen) atoms. The van der Waals surface area contributed by atoms with Crippen LogP contribution in [0.1, 0.15) is 44.1 Å². The fourth-order valence-corrected chi connectivity index (χ4v) is 3.43. The molecule has 0 aromatic heterocycles. The molecular formula is C15H22N2O3S. The molecule has 0 heterocycles. The smallest absolute Gasteiger partial charge is 0.224 e. The van der Waals surface area contributed by atoms with Crippen LogP contribution in [-0.2, 0) is 20.6 Å². The first-order chi connectivity index (χ1) is 9.92. The minimum absolute atomic E-state index is 0.0149. The normalized spacial score (nSPS) is 16.0. The molecule has 1 saturated carbocycles. The topological polar surface area (TPSA) is 89.3 Å². The number of hydrogen-bond donors (Lipinski definition) is 2. The highest BCUT2D eigenvalue weighted by Gasteiger charge is 2.16. The van der Waals surface area contributed by atoms with Gasteiger partial charge in [0, 0.05) is 12.1 Å². The number of rotatable bonds is 6. The molecule has 0 saturated heterocycles. The van der Waals surface area contributed by atoms with Crippen LogP contribution in [0.5, 0.6) is 0 Å². The highest BCUT2D eigenvalue weighted by molar-refractivity contribution is 7.88. The van der Waals surface area contributed by atoms with Gasteiger partial charge < -0.3 is 5.32 Å². The van der Waals surface area contributed by atoms with Crippen molar-refractivity contribution in [1.29, 1.82) is 0 Å². The zero-order chi connectivity index (χ0) is 15.3. The Bertz CT molecular complexity index is 575. The van der Waals surface area contributed by atoms with E-state index >= 15 is 0 Å². The number of benzene rings is 1. The van der Waals surface area contributed by atoms with E-state index in [1.165, 1.54) is 25.7 Å². The van der Waals surface area contributed by atoms with Gasteiger partial charge >= 0.3 is 0 Å². The Labute approximate surface area is 126 Å². The number of carbonyl (C=O) groups is 1. The third-order valence-electron chi connectivity index (χ3n) is 3.86. The zero-order valence-electron chi connectivity index (χ0n) is 12.0. The summed E-state index contributed by atoms with van der Waals surface area (Å²) in [6.45, 7) is 0. The Morgan fingerprint density at radius 1 is 1.19 bits per heavy atom. The van der Waals surface area contributed by atoms with Crippen LogP contribution in [-0.4, -0.2) is 14.3 Å². The lowest BCUT2D eigenvalue weighted by molar-refractivity contribution is -0.116. The molecule has 2 rings (SSSR count). The van der Waals surface area contributed by atoms with E-state index in [0.29, 0.717) is 23.6 Å². The highest BCUT2D eigenvalue weighted by atomic mass is 32.2. The van der Waals surface area contributed by atoms with Gasteiger partial charge in [-0.05, 0) is 30.0 Å². The first-order valence-electron chi connectivity index (χ1n) is 7.32. The number of nitrogens with two attached hydrogens (primary N) is 1. The van der Waals surface area contributed by atoms with Gasteiger partial charge in [0.05, 0.1) is 5.75 Å². The van der Waals surface area contributed by atoms with Gasteiger partial charge in [-0.3, -0.25) is 4.79 Å². The van der Waals surface area contributed by atoms with Gasteiger partial charge in [-0.15, -0.1) is 0 Å². The van der Waals surface area contributed by atoms with E-state index in [9.17, 15) is 13.2 Å². The van der Waals surface area contributed by atoms with Gasteiger partial charge in [0.2, 0.25) is 15.9 Å². The number of amides is 1. The van der Waals surface area contributed by atoms with Crippen LogP contribution in [0.25, 0.3) is 0 Å². The molecule has 0 spiro atoms. The molecule has 1 aliphatic rings. The van der Waals surface area contributed by atoms with E-state index in [4.69, 9.17) is 5.14 Å². The summed E-state index contributed by atoms with van der Waals surface area (Å²) in [5.74, 6) is 0.525. The summed E-state index contributed by atoms with van der Waals surface area (Å²) in [5, 5.41) is 7.82. The van der Waals surface area contributed by atoms with Crippen molar-refractivity contribution in [3.8, 4) is 0 Å². The van der Waals surface area contributed by atoms with Gasteiger partial charge in [-0.1, -0.05) is 37.8 Å². The van der Waals surface area contributed by atoms with Gasteiger partial charge in [0.25, 0.3) is 0 Å². The molecule has 6 heteroatoms. The molecule has 116 valence electrons. The van der Waals surface area contributed by atoms with Gasteiger partial charge in [-0.25, -0.2) is 13.6 Å². The minimum atomic E-state index is -3.52. The molecule has 5 nitrogen and oxygen atoms in total. The zero-order valence-corrected chi connectivity index (χ0v) is 12.9. The fraction of sp³-hybridized carbons (Fsp3) is 0.533. The second-order valence-electron chi connectivity index (χ2n) is 5.74. The maximum atomic E-state index is 11.9. The Morgan fingerprint density at radius 3 is 2.38 bits per heavy atom. The number of anilines is 1. The summed E-state index contributed by atoms with van der Waals surface area (Å²) in [7, 11) is -3.52. The summed E-state index contributed by atoms with van der Waals surface area (Å²) in [4.78, 5) is 11.9. The molecule has 1 aliphatic carbocycles. The molecule has 1 aromatic carbocycles. The summed E-state index contributed by atoms with van der Waals surface area (Å²) in [6, 6.07) is 6.73. The molecule has 1 amide bonds. The number of nitrogens with one attached hydrogen (secondary N) is 1. The van der Waals surface area contributed by atoms with Crippen molar-refractivity contribution in [2.24, 2.45) is 11.1 Å². The average Bonchev–Trinajstić information content (AvgIpc) is 2.90.